The molecule has 1 aromatic carbocycles. The molecule has 23 heavy (non-hydrogen) atoms. The molecule has 0 saturated carbocycles. The van der Waals surface area contributed by atoms with Crippen LogP contribution in [0.25, 0.3) is 0 Å². The molecule has 0 spiro atoms. The zero-order chi connectivity index (χ0) is 17.5. The first-order valence-corrected chi connectivity index (χ1v) is 7.82. The summed E-state index contributed by atoms with van der Waals surface area (Å²) in [7, 11) is 1.71. The average Bonchev–Trinajstić information content (AvgIpc) is 2.45. The van der Waals surface area contributed by atoms with Crippen molar-refractivity contribution >= 4 is 6.09 Å². The lowest BCUT2D eigenvalue weighted by molar-refractivity contribution is 0.0300. The zero-order valence-electron chi connectivity index (χ0n) is 14.7. The van der Waals surface area contributed by atoms with E-state index in [1.165, 1.54) is 0 Å². The third-order valence-corrected chi connectivity index (χ3v) is 2.98. The highest BCUT2D eigenvalue weighted by Gasteiger charge is 2.19. The molecule has 2 N–H and O–H groups in total. The molecule has 130 valence electrons. The molecule has 0 saturated heterocycles. The number of phenols is 1. The minimum atomic E-state index is -0.486. The van der Waals surface area contributed by atoms with Gasteiger partial charge >= 0.3 is 6.09 Å². The van der Waals surface area contributed by atoms with E-state index in [4.69, 9.17) is 9.47 Å². The molecule has 0 aliphatic heterocycles. The van der Waals surface area contributed by atoms with E-state index in [9.17, 15) is 9.90 Å². The van der Waals surface area contributed by atoms with E-state index >= 15 is 0 Å². The topological polar surface area (TPSA) is 71.0 Å². The number of aromatic hydroxyl groups is 1. The van der Waals surface area contributed by atoms with Crippen LogP contribution in [-0.4, -0.2) is 48.4 Å². The van der Waals surface area contributed by atoms with Gasteiger partial charge in [0.05, 0.1) is 6.61 Å². The summed E-state index contributed by atoms with van der Waals surface area (Å²) in [5.41, 5.74) is 0.520. The Kier molecular flexibility index (Phi) is 7.16. The second kappa shape index (κ2) is 8.62. The number of amides is 1. The summed E-state index contributed by atoms with van der Waals surface area (Å²) in [6.07, 6.45) is -0.331. The van der Waals surface area contributed by atoms with Crippen LogP contribution in [0.1, 0.15) is 33.3 Å². The summed E-state index contributed by atoms with van der Waals surface area (Å²) < 4.78 is 10.6. The van der Waals surface area contributed by atoms with Crippen LogP contribution < -0.4 is 10.1 Å². The summed E-state index contributed by atoms with van der Waals surface area (Å²) >= 11 is 0. The number of rotatable bonds is 7. The van der Waals surface area contributed by atoms with E-state index in [2.05, 4.69) is 5.32 Å². The van der Waals surface area contributed by atoms with Crippen LogP contribution in [0.4, 0.5) is 4.79 Å². The van der Waals surface area contributed by atoms with E-state index in [1.807, 2.05) is 39.8 Å². The molecule has 0 aromatic heterocycles. The molecule has 0 atom stereocenters. The SMILES string of the molecule is CCOc1cc(CNCCN(C)C(=O)OC(C)(C)C)ccc1O. The van der Waals surface area contributed by atoms with Crippen LogP contribution in [0.5, 0.6) is 11.5 Å². The molecule has 0 heterocycles. The van der Waals surface area contributed by atoms with Gasteiger partial charge in [0.25, 0.3) is 0 Å². The van der Waals surface area contributed by atoms with Crippen molar-refractivity contribution in [1.29, 1.82) is 0 Å². The monoisotopic (exact) mass is 324 g/mol. The van der Waals surface area contributed by atoms with Crippen molar-refractivity contribution in [2.75, 3.05) is 26.7 Å². The van der Waals surface area contributed by atoms with Gasteiger partial charge in [-0.2, -0.15) is 0 Å². The molecule has 6 heteroatoms. The maximum absolute atomic E-state index is 11.8. The van der Waals surface area contributed by atoms with Crippen molar-refractivity contribution in [1.82, 2.24) is 10.2 Å². The Bertz CT molecular complexity index is 512. The Morgan fingerprint density at radius 3 is 2.65 bits per heavy atom. The normalized spacial score (nSPS) is 11.2. The summed E-state index contributed by atoms with van der Waals surface area (Å²) in [5.74, 6) is 0.623. The molecular formula is C17H28N2O4. The van der Waals surface area contributed by atoms with Crippen LogP contribution in [0.15, 0.2) is 18.2 Å². The molecule has 1 amide bonds. The number of nitrogens with zero attached hydrogens (tertiary/aromatic N) is 1. The van der Waals surface area contributed by atoms with Gasteiger partial charge in [-0.1, -0.05) is 6.07 Å². The van der Waals surface area contributed by atoms with Gasteiger partial charge in [0, 0.05) is 26.7 Å². The molecule has 6 nitrogen and oxygen atoms in total. The second-order valence-corrected chi connectivity index (χ2v) is 6.31. The predicted molar refractivity (Wildman–Crippen MR) is 89.8 cm³/mol. The number of phenolic OH excluding ortho intramolecular Hbond substituents is 1. The lowest BCUT2D eigenvalue weighted by Crippen LogP contribution is -2.37. The van der Waals surface area contributed by atoms with Gasteiger partial charge < -0.3 is 24.8 Å². The number of ether oxygens (including phenoxy) is 2. The number of carbonyl (C=O) groups excluding carboxylic acids is 1. The maximum Gasteiger partial charge on any atom is 0.410 e. The number of benzene rings is 1. The predicted octanol–water partition coefficient (Wildman–Crippen LogP) is 2.75. The first-order chi connectivity index (χ1) is 10.7. The van der Waals surface area contributed by atoms with Gasteiger partial charge in [-0.15, -0.1) is 0 Å². The number of hydrogen-bond donors (Lipinski definition) is 2. The molecule has 0 fully saturated rings. The third-order valence-electron chi connectivity index (χ3n) is 2.98. The molecule has 0 unspecified atom stereocenters. The largest absolute Gasteiger partial charge is 0.504 e. The molecule has 0 bridgehead atoms. The number of likely N-dealkylation sites (N-methyl/N-ethyl adjacent to an activating group) is 1. The van der Waals surface area contributed by atoms with E-state index in [1.54, 1.807) is 18.0 Å². The van der Waals surface area contributed by atoms with Crippen molar-refractivity contribution in [3.8, 4) is 11.5 Å². The molecule has 1 aromatic rings. The van der Waals surface area contributed by atoms with Crippen molar-refractivity contribution in [3.63, 3.8) is 0 Å². The van der Waals surface area contributed by atoms with Gasteiger partial charge in [-0.25, -0.2) is 4.79 Å². The molecular weight excluding hydrogens is 296 g/mol. The van der Waals surface area contributed by atoms with Crippen molar-refractivity contribution in [2.45, 2.75) is 39.8 Å². The van der Waals surface area contributed by atoms with Crippen LogP contribution in [-0.2, 0) is 11.3 Å². The fourth-order valence-electron chi connectivity index (χ4n) is 1.85. The second-order valence-electron chi connectivity index (χ2n) is 6.31. The highest BCUT2D eigenvalue weighted by molar-refractivity contribution is 5.67. The van der Waals surface area contributed by atoms with E-state index in [0.29, 0.717) is 32.0 Å². The van der Waals surface area contributed by atoms with Crippen LogP contribution in [0, 0.1) is 0 Å². The standard InChI is InChI=1S/C17H28N2O4/c1-6-22-15-11-13(7-8-14(15)20)12-18-9-10-19(5)16(21)23-17(2,3)4/h7-8,11,18,20H,6,9-10,12H2,1-5H3. The molecule has 0 aliphatic carbocycles. The highest BCUT2D eigenvalue weighted by atomic mass is 16.6. The first kappa shape index (κ1) is 19.1. The summed E-state index contributed by atoms with van der Waals surface area (Å²) in [6, 6.07) is 5.26. The quantitative estimate of drug-likeness (QED) is 0.755. The van der Waals surface area contributed by atoms with Crippen molar-refractivity contribution in [3.05, 3.63) is 23.8 Å². The van der Waals surface area contributed by atoms with Crippen LogP contribution in [0.2, 0.25) is 0 Å². The Labute approximate surface area is 138 Å². The lowest BCUT2D eigenvalue weighted by Gasteiger charge is -2.24. The van der Waals surface area contributed by atoms with Gasteiger partial charge in [-0.3, -0.25) is 0 Å². The Morgan fingerprint density at radius 2 is 2.04 bits per heavy atom. The van der Waals surface area contributed by atoms with Gasteiger partial charge in [-0.05, 0) is 45.4 Å². The Hall–Kier alpha value is -1.95. The van der Waals surface area contributed by atoms with Gasteiger partial charge in [0.1, 0.15) is 5.60 Å². The fraction of sp³-hybridized carbons (Fsp3) is 0.588. The van der Waals surface area contributed by atoms with Crippen molar-refractivity contribution in [2.24, 2.45) is 0 Å². The highest BCUT2D eigenvalue weighted by Crippen LogP contribution is 2.26. The third kappa shape index (κ3) is 7.23. The fourth-order valence-corrected chi connectivity index (χ4v) is 1.85. The van der Waals surface area contributed by atoms with Crippen LogP contribution in [0.3, 0.4) is 0 Å². The minimum absolute atomic E-state index is 0.139. The number of nitrogens with one attached hydrogen (secondary N) is 1. The molecule has 0 aliphatic rings. The summed E-state index contributed by atoms with van der Waals surface area (Å²) in [4.78, 5) is 13.4. The smallest absolute Gasteiger partial charge is 0.410 e. The number of carbonyl (C=O) groups is 1. The summed E-state index contributed by atoms with van der Waals surface area (Å²) in [6.45, 7) is 9.73. The maximum atomic E-state index is 11.8. The van der Waals surface area contributed by atoms with Gasteiger partial charge in [0.15, 0.2) is 11.5 Å². The summed E-state index contributed by atoms with van der Waals surface area (Å²) in [5, 5.41) is 12.9. The Morgan fingerprint density at radius 1 is 1.35 bits per heavy atom. The number of hydrogen-bond acceptors (Lipinski definition) is 5. The lowest BCUT2D eigenvalue weighted by atomic mass is 10.2. The van der Waals surface area contributed by atoms with Gasteiger partial charge in [0.2, 0.25) is 0 Å². The molecule has 0 radical (unpaired) electrons. The zero-order valence-corrected chi connectivity index (χ0v) is 14.7. The van der Waals surface area contributed by atoms with E-state index < -0.39 is 5.60 Å². The minimum Gasteiger partial charge on any atom is -0.504 e. The first-order valence-electron chi connectivity index (χ1n) is 7.82. The van der Waals surface area contributed by atoms with Crippen LogP contribution >= 0.6 is 0 Å². The Balaban J connectivity index is 2.37. The van der Waals surface area contributed by atoms with E-state index in [-0.39, 0.29) is 11.8 Å². The molecule has 1 rings (SSSR count). The average molecular weight is 324 g/mol. The van der Waals surface area contributed by atoms with E-state index in [0.717, 1.165) is 5.56 Å². The van der Waals surface area contributed by atoms with Crippen molar-refractivity contribution < 1.29 is 19.4 Å².